The first kappa shape index (κ1) is 17.5. The van der Waals surface area contributed by atoms with E-state index in [1.807, 2.05) is 0 Å². The van der Waals surface area contributed by atoms with E-state index in [0.29, 0.717) is 25.5 Å². The smallest absolute Gasteiger partial charge is 0.318 e. The highest BCUT2D eigenvalue weighted by Crippen LogP contribution is 2.35. The third-order valence-electron chi connectivity index (χ3n) is 3.61. The lowest BCUT2D eigenvalue weighted by molar-refractivity contribution is -0.137. The SMILES string of the molecule is CNCC1CCCN1S(=O)(=O)c1cc(C(F)(F)F)ccc1Cl. The summed E-state index contributed by atoms with van der Waals surface area (Å²) in [5.74, 6) is 0. The topological polar surface area (TPSA) is 49.4 Å². The highest BCUT2D eigenvalue weighted by atomic mass is 35.5. The van der Waals surface area contributed by atoms with Crippen LogP contribution in [0.4, 0.5) is 13.2 Å². The summed E-state index contributed by atoms with van der Waals surface area (Å²) in [6, 6.07) is 2.07. The minimum atomic E-state index is -4.62. The Hall–Kier alpha value is -0.830. The predicted octanol–water partition coefficient (Wildman–Crippen LogP) is 2.73. The van der Waals surface area contributed by atoms with Gasteiger partial charge in [0.15, 0.2) is 0 Å². The fourth-order valence-electron chi connectivity index (χ4n) is 2.57. The highest BCUT2D eigenvalue weighted by Gasteiger charge is 2.38. The molecule has 4 nitrogen and oxygen atoms in total. The fourth-order valence-corrected chi connectivity index (χ4v) is 4.76. The molecule has 1 aliphatic rings. The van der Waals surface area contributed by atoms with E-state index in [1.165, 1.54) is 4.31 Å². The molecule has 2 rings (SSSR count). The van der Waals surface area contributed by atoms with Gasteiger partial charge in [-0.15, -0.1) is 0 Å². The molecule has 1 aromatic carbocycles. The van der Waals surface area contributed by atoms with Crippen molar-refractivity contribution in [3.8, 4) is 0 Å². The maximum Gasteiger partial charge on any atom is 0.416 e. The van der Waals surface area contributed by atoms with E-state index in [2.05, 4.69) is 5.32 Å². The van der Waals surface area contributed by atoms with Gasteiger partial charge in [0.1, 0.15) is 4.90 Å². The van der Waals surface area contributed by atoms with Gasteiger partial charge in [0.05, 0.1) is 10.6 Å². The molecule has 1 aromatic rings. The third-order valence-corrected chi connectivity index (χ3v) is 6.04. The first-order valence-electron chi connectivity index (χ1n) is 6.71. The summed E-state index contributed by atoms with van der Waals surface area (Å²) in [4.78, 5) is -0.494. The first-order valence-corrected chi connectivity index (χ1v) is 8.53. The molecule has 1 unspecified atom stereocenters. The normalized spacial score (nSPS) is 20.5. The lowest BCUT2D eigenvalue weighted by atomic mass is 10.2. The van der Waals surface area contributed by atoms with E-state index in [4.69, 9.17) is 11.6 Å². The molecule has 0 amide bonds. The van der Waals surface area contributed by atoms with Crippen LogP contribution >= 0.6 is 11.6 Å². The van der Waals surface area contributed by atoms with Crippen molar-refractivity contribution in [2.24, 2.45) is 0 Å². The van der Waals surface area contributed by atoms with Crippen LogP contribution in [-0.2, 0) is 16.2 Å². The molecule has 0 aliphatic carbocycles. The van der Waals surface area contributed by atoms with E-state index < -0.39 is 26.7 Å². The Morgan fingerprint density at radius 3 is 2.68 bits per heavy atom. The summed E-state index contributed by atoms with van der Waals surface area (Å²) in [6.07, 6.45) is -3.29. The van der Waals surface area contributed by atoms with Crippen LogP contribution in [0.15, 0.2) is 23.1 Å². The minimum absolute atomic E-state index is 0.205. The number of likely N-dealkylation sites (N-methyl/N-ethyl adjacent to an activating group) is 1. The number of nitrogens with one attached hydrogen (secondary N) is 1. The van der Waals surface area contributed by atoms with Crippen molar-refractivity contribution >= 4 is 21.6 Å². The Bertz CT molecular complexity index is 649. The molecule has 1 saturated heterocycles. The van der Waals surface area contributed by atoms with E-state index in [-0.39, 0.29) is 17.6 Å². The summed E-state index contributed by atoms with van der Waals surface area (Å²) >= 11 is 5.85. The van der Waals surface area contributed by atoms with Gasteiger partial charge < -0.3 is 5.32 Å². The molecule has 0 spiro atoms. The van der Waals surface area contributed by atoms with Gasteiger partial charge in [0.2, 0.25) is 10.0 Å². The molecule has 0 aromatic heterocycles. The second-order valence-electron chi connectivity index (χ2n) is 5.11. The van der Waals surface area contributed by atoms with Crippen molar-refractivity contribution in [1.82, 2.24) is 9.62 Å². The van der Waals surface area contributed by atoms with Gasteiger partial charge in [-0.3, -0.25) is 0 Å². The second kappa shape index (κ2) is 6.35. The van der Waals surface area contributed by atoms with Crippen molar-refractivity contribution in [3.05, 3.63) is 28.8 Å². The van der Waals surface area contributed by atoms with Crippen molar-refractivity contribution < 1.29 is 21.6 Å². The second-order valence-corrected chi connectivity index (χ2v) is 7.38. The van der Waals surface area contributed by atoms with Crippen LogP contribution in [0.25, 0.3) is 0 Å². The number of benzene rings is 1. The largest absolute Gasteiger partial charge is 0.416 e. The highest BCUT2D eigenvalue weighted by molar-refractivity contribution is 7.89. The van der Waals surface area contributed by atoms with Gasteiger partial charge in [-0.25, -0.2) is 8.42 Å². The molecule has 1 aliphatic heterocycles. The number of sulfonamides is 1. The molecule has 0 saturated carbocycles. The number of halogens is 4. The van der Waals surface area contributed by atoms with Crippen LogP contribution in [0.5, 0.6) is 0 Å². The van der Waals surface area contributed by atoms with Crippen molar-refractivity contribution in [2.45, 2.75) is 30.0 Å². The third kappa shape index (κ3) is 3.40. The minimum Gasteiger partial charge on any atom is -0.318 e. The quantitative estimate of drug-likeness (QED) is 0.902. The fraction of sp³-hybridized carbons (Fsp3) is 0.538. The van der Waals surface area contributed by atoms with Gasteiger partial charge >= 0.3 is 6.18 Å². The maximum atomic E-state index is 12.8. The van der Waals surface area contributed by atoms with E-state index in [1.54, 1.807) is 7.05 Å². The van der Waals surface area contributed by atoms with Crippen LogP contribution < -0.4 is 5.32 Å². The van der Waals surface area contributed by atoms with E-state index in [0.717, 1.165) is 12.1 Å². The first-order chi connectivity index (χ1) is 10.2. The van der Waals surface area contributed by atoms with Crippen molar-refractivity contribution in [1.29, 1.82) is 0 Å². The van der Waals surface area contributed by atoms with Crippen LogP contribution in [0.1, 0.15) is 18.4 Å². The van der Waals surface area contributed by atoms with Gasteiger partial charge in [-0.05, 0) is 38.1 Å². The monoisotopic (exact) mass is 356 g/mol. The summed E-state index contributed by atoms with van der Waals surface area (Å²) in [7, 11) is -2.37. The van der Waals surface area contributed by atoms with Crippen LogP contribution in [-0.4, -0.2) is 38.9 Å². The molecule has 1 fully saturated rings. The number of rotatable bonds is 4. The Labute approximate surface area is 132 Å². The Balaban J connectivity index is 2.45. The molecular weight excluding hydrogens is 341 g/mol. The van der Waals surface area contributed by atoms with Crippen LogP contribution in [0.2, 0.25) is 5.02 Å². The lowest BCUT2D eigenvalue weighted by Crippen LogP contribution is -2.40. The zero-order valence-corrected chi connectivity index (χ0v) is 13.4. The molecule has 124 valence electrons. The average molecular weight is 357 g/mol. The van der Waals surface area contributed by atoms with Gasteiger partial charge in [0.25, 0.3) is 0 Å². The number of nitrogens with zero attached hydrogens (tertiary/aromatic N) is 1. The molecule has 9 heteroatoms. The maximum absolute atomic E-state index is 12.8. The summed E-state index contributed by atoms with van der Waals surface area (Å²) < 4.78 is 65.0. The molecule has 0 bridgehead atoms. The van der Waals surface area contributed by atoms with Crippen LogP contribution in [0.3, 0.4) is 0 Å². The van der Waals surface area contributed by atoms with E-state index >= 15 is 0 Å². The Kier molecular flexibility index (Phi) is 5.06. The zero-order chi connectivity index (χ0) is 16.5. The van der Waals surface area contributed by atoms with Gasteiger partial charge in [-0.1, -0.05) is 11.6 Å². The molecule has 1 heterocycles. The van der Waals surface area contributed by atoms with Crippen LogP contribution in [0, 0.1) is 0 Å². The molecular formula is C13H16ClF3N2O2S. The summed E-state index contributed by atoms with van der Waals surface area (Å²) in [5, 5.41) is 2.69. The summed E-state index contributed by atoms with van der Waals surface area (Å²) in [5.41, 5.74) is -1.03. The standard InChI is InChI=1S/C13H16ClF3N2O2S/c1-18-8-10-3-2-6-19(10)22(20,21)12-7-9(13(15,16)17)4-5-11(12)14/h4-5,7,10,18H,2-3,6,8H2,1H3. The van der Waals surface area contributed by atoms with Gasteiger partial charge in [0, 0.05) is 19.1 Å². The number of alkyl halides is 3. The molecule has 0 radical (unpaired) electrons. The Morgan fingerprint density at radius 1 is 1.41 bits per heavy atom. The average Bonchev–Trinajstić information content (AvgIpc) is 2.87. The number of hydrogen-bond donors (Lipinski definition) is 1. The zero-order valence-electron chi connectivity index (χ0n) is 11.8. The Morgan fingerprint density at radius 2 is 2.09 bits per heavy atom. The molecule has 22 heavy (non-hydrogen) atoms. The molecule has 1 N–H and O–H groups in total. The van der Waals surface area contributed by atoms with Crippen molar-refractivity contribution in [2.75, 3.05) is 20.1 Å². The van der Waals surface area contributed by atoms with E-state index in [9.17, 15) is 21.6 Å². The summed E-state index contributed by atoms with van der Waals surface area (Å²) in [6.45, 7) is 0.719. The molecule has 1 atom stereocenters. The van der Waals surface area contributed by atoms with Gasteiger partial charge in [-0.2, -0.15) is 17.5 Å². The number of hydrogen-bond acceptors (Lipinski definition) is 3. The van der Waals surface area contributed by atoms with Crippen molar-refractivity contribution in [3.63, 3.8) is 0 Å². The predicted molar refractivity (Wildman–Crippen MR) is 77.3 cm³/mol. The lowest BCUT2D eigenvalue weighted by Gasteiger charge is -2.24.